The van der Waals surface area contributed by atoms with E-state index in [0.29, 0.717) is 11.7 Å². The molecule has 0 atom stereocenters. The number of hydrogen-bond acceptors (Lipinski definition) is 5. The highest BCUT2D eigenvalue weighted by atomic mass is 15.2. The van der Waals surface area contributed by atoms with Crippen LogP contribution in [-0.4, -0.2) is 23.1 Å². The number of nitrogens with two attached hydrogens (primary N) is 2. The molecular formula is C15H19N5. The third-order valence-corrected chi connectivity index (χ3v) is 3.92. The molecule has 0 unspecified atom stereocenters. The Labute approximate surface area is 118 Å². The van der Waals surface area contributed by atoms with Crippen molar-refractivity contribution >= 4 is 17.5 Å². The van der Waals surface area contributed by atoms with E-state index in [9.17, 15) is 0 Å². The van der Waals surface area contributed by atoms with Gasteiger partial charge >= 0.3 is 0 Å². The van der Waals surface area contributed by atoms with Gasteiger partial charge in [0.1, 0.15) is 0 Å². The van der Waals surface area contributed by atoms with Gasteiger partial charge in [-0.25, -0.2) is 4.98 Å². The van der Waals surface area contributed by atoms with Crippen LogP contribution in [-0.2, 0) is 0 Å². The highest BCUT2D eigenvalue weighted by molar-refractivity contribution is 5.63. The van der Waals surface area contributed by atoms with Crippen molar-refractivity contribution in [1.82, 2.24) is 9.97 Å². The first kappa shape index (κ1) is 12.7. The minimum atomic E-state index is 0.227. The van der Waals surface area contributed by atoms with Crippen LogP contribution in [0.3, 0.4) is 0 Å². The minimum absolute atomic E-state index is 0.227. The van der Waals surface area contributed by atoms with Gasteiger partial charge in [-0.3, -0.25) is 0 Å². The van der Waals surface area contributed by atoms with E-state index in [1.54, 1.807) is 6.20 Å². The summed E-state index contributed by atoms with van der Waals surface area (Å²) in [6.45, 7) is 1.94. The molecule has 1 aromatic carbocycles. The highest BCUT2D eigenvalue weighted by Gasteiger charge is 2.22. The molecule has 0 spiro atoms. The zero-order valence-corrected chi connectivity index (χ0v) is 11.4. The van der Waals surface area contributed by atoms with Crippen LogP contribution < -0.4 is 16.4 Å². The predicted octanol–water partition coefficient (Wildman–Crippen LogP) is 2.02. The van der Waals surface area contributed by atoms with E-state index >= 15 is 0 Å². The largest absolute Gasteiger partial charge is 0.382 e. The van der Waals surface area contributed by atoms with E-state index in [-0.39, 0.29) is 5.95 Å². The molecule has 0 bridgehead atoms. The van der Waals surface area contributed by atoms with Crippen LogP contribution in [0.25, 0.3) is 0 Å². The van der Waals surface area contributed by atoms with Crippen molar-refractivity contribution in [3.63, 3.8) is 0 Å². The number of nitrogens with zero attached hydrogens (tertiary/aromatic N) is 3. The predicted molar refractivity (Wildman–Crippen MR) is 81.5 cm³/mol. The first-order chi connectivity index (χ1) is 9.74. The van der Waals surface area contributed by atoms with Crippen molar-refractivity contribution in [1.29, 1.82) is 0 Å². The fraction of sp³-hybridized carbons (Fsp3) is 0.333. The van der Waals surface area contributed by atoms with Crippen LogP contribution in [0, 0.1) is 0 Å². The van der Waals surface area contributed by atoms with Gasteiger partial charge in [-0.1, -0.05) is 30.3 Å². The third-order valence-electron chi connectivity index (χ3n) is 3.92. The fourth-order valence-corrected chi connectivity index (χ4v) is 2.83. The van der Waals surface area contributed by atoms with Crippen LogP contribution in [0.2, 0.25) is 0 Å². The topological polar surface area (TPSA) is 81.1 Å². The third kappa shape index (κ3) is 2.52. The standard InChI is InChI=1S/C15H19N5/c16-14-13(10-18-15(17)19-14)20-8-6-12(7-9-20)11-4-2-1-3-5-11/h1-5,10,12H,6-9H2,(H4,16,17,18,19). The van der Waals surface area contributed by atoms with Crippen molar-refractivity contribution in [3.8, 4) is 0 Å². The van der Waals surface area contributed by atoms with E-state index in [1.165, 1.54) is 5.56 Å². The zero-order chi connectivity index (χ0) is 13.9. The van der Waals surface area contributed by atoms with Gasteiger partial charge in [0.15, 0.2) is 5.82 Å². The Kier molecular flexibility index (Phi) is 3.41. The van der Waals surface area contributed by atoms with E-state index < -0.39 is 0 Å². The Hall–Kier alpha value is -2.30. The molecule has 20 heavy (non-hydrogen) atoms. The van der Waals surface area contributed by atoms with Gasteiger partial charge in [0.05, 0.1) is 11.9 Å². The molecule has 2 heterocycles. The van der Waals surface area contributed by atoms with Crippen LogP contribution >= 0.6 is 0 Å². The summed E-state index contributed by atoms with van der Waals surface area (Å²) in [6, 6.07) is 10.7. The number of anilines is 3. The van der Waals surface area contributed by atoms with Gasteiger partial charge in [-0.2, -0.15) is 4.98 Å². The van der Waals surface area contributed by atoms with Gasteiger partial charge in [-0.05, 0) is 24.3 Å². The summed E-state index contributed by atoms with van der Waals surface area (Å²) in [5.41, 5.74) is 13.8. The second kappa shape index (κ2) is 5.36. The summed E-state index contributed by atoms with van der Waals surface area (Å²) >= 11 is 0. The molecular weight excluding hydrogens is 250 g/mol. The smallest absolute Gasteiger partial charge is 0.222 e. The maximum absolute atomic E-state index is 5.93. The maximum atomic E-state index is 5.93. The second-order valence-corrected chi connectivity index (χ2v) is 5.17. The van der Waals surface area contributed by atoms with Crippen molar-refractivity contribution in [2.75, 3.05) is 29.5 Å². The molecule has 104 valence electrons. The highest BCUT2D eigenvalue weighted by Crippen LogP contribution is 2.31. The first-order valence-corrected chi connectivity index (χ1v) is 6.92. The SMILES string of the molecule is Nc1ncc(N2CCC(c3ccccc3)CC2)c(N)n1. The molecule has 5 nitrogen and oxygen atoms in total. The Morgan fingerprint density at radius 1 is 1.05 bits per heavy atom. The molecule has 0 aliphatic carbocycles. The average Bonchev–Trinajstić information content (AvgIpc) is 2.48. The van der Waals surface area contributed by atoms with Gasteiger partial charge in [0.25, 0.3) is 0 Å². The number of benzene rings is 1. The molecule has 5 heteroatoms. The molecule has 4 N–H and O–H groups in total. The molecule has 0 saturated carbocycles. The Bertz CT molecular complexity index is 576. The number of rotatable bonds is 2. The van der Waals surface area contributed by atoms with Crippen LogP contribution in [0.15, 0.2) is 36.5 Å². The van der Waals surface area contributed by atoms with Gasteiger partial charge in [0.2, 0.25) is 5.95 Å². The number of nitrogen functional groups attached to an aromatic ring is 2. The minimum Gasteiger partial charge on any atom is -0.382 e. The van der Waals surface area contributed by atoms with Crippen molar-refractivity contribution in [3.05, 3.63) is 42.1 Å². The quantitative estimate of drug-likeness (QED) is 0.871. The molecule has 0 amide bonds. The summed E-state index contributed by atoms with van der Waals surface area (Å²) in [5, 5.41) is 0. The lowest BCUT2D eigenvalue weighted by atomic mass is 9.89. The lowest BCUT2D eigenvalue weighted by Gasteiger charge is -2.33. The first-order valence-electron chi connectivity index (χ1n) is 6.92. The molecule has 1 aliphatic heterocycles. The molecule has 1 aliphatic rings. The molecule has 1 fully saturated rings. The zero-order valence-electron chi connectivity index (χ0n) is 11.4. The van der Waals surface area contributed by atoms with Crippen LogP contribution in [0.5, 0.6) is 0 Å². The van der Waals surface area contributed by atoms with Crippen molar-refractivity contribution < 1.29 is 0 Å². The van der Waals surface area contributed by atoms with Crippen molar-refractivity contribution in [2.45, 2.75) is 18.8 Å². The molecule has 3 rings (SSSR count). The maximum Gasteiger partial charge on any atom is 0.222 e. The van der Waals surface area contributed by atoms with E-state index in [0.717, 1.165) is 31.6 Å². The number of aromatic nitrogens is 2. The Morgan fingerprint density at radius 2 is 1.75 bits per heavy atom. The van der Waals surface area contributed by atoms with Gasteiger partial charge in [-0.15, -0.1) is 0 Å². The second-order valence-electron chi connectivity index (χ2n) is 5.17. The Balaban J connectivity index is 1.69. The van der Waals surface area contributed by atoms with Gasteiger partial charge < -0.3 is 16.4 Å². The molecule has 1 aromatic heterocycles. The van der Waals surface area contributed by atoms with Crippen LogP contribution in [0.4, 0.5) is 17.5 Å². The lowest BCUT2D eigenvalue weighted by Crippen LogP contribution is -2.33. The van der Waals surface area contributed by atoms with Crippen LogP contribution in [0.1, 0.15) is 24.3 Å². The average molecular weight is 269 g/mol. The summed E-state index contributed by atoms with van der Waals surface area (Å²) < 4.78 is 0. The summed E-state index contributed by atoms with van der Waals surface area (Å²) in [7, 11) is 0. The summed E-state index contributed by atoms with van der Waals surface area (Å²) in [6.07, 6.45) is 3.96. The molecule has 0 radical (unpaired) electrons. The fourth-order valence-electron chi connectivity index (χ4n) is 2.83. The van der Waals surface area contributed by atoms with E-state index in [4.69, 9.17) is 11.5 Å². The van der Waals surface area contributed by atoms with Gasteiger partial charge in [0, 0.05) is 13.1 Å². The summed E-state index contributed by atoms with van der Waals surface area (Å²) in [5.74, 6) is 1.32. The van der Waals surface area contributed by atoms with E-state index in [2.05, 4.69) is 45.2 Å². The molecule has 1 saturated heterocycles. The van der Waals surface area contributed by atoms with E-state index in [1.807, 2.05) is 0 Å². The molecule has 2 aromatic rings. The lowest BCUT2D eigenvalue weighted by molar-refractivity contribution is 0.505. The normalized spacial score (nSPS) is 16.3. The van der Waals surface area contributed by atoms with Crippen molar-refractivity contribution in [2.24, 2.45) is 0 Å². The Morgan fingerprint density at radius 3 is 2.40 bits per heavy atom. The monoisotopic (exact) mass is 269 g/mol. The number of hydrogen-bond donors (Lipinski definition) is 2. The number of piperidine rings is 1. The summed E-state index contributed by atoms with van der Waals surface area (Å²) in [4.78, 5) is 10.3.